The Balaban J connectivity index is 1.97. The first kappa shape index (κ1) is 13.6. The van der Waals surface area contributed by atoms with Gasteiger partial charge in [0, 0.05) is 44.5 Å². The summed E-state index contributed by atoms with van der Waals surface area (Å²) in [6.07, 6.45) is 6.19. The molecule has 0 aliphatic carbocycles. The average Bonchev–Trinajstić information content (AvgIpc) is 2.76. The first-order valence-corrected chi connectivity index (χ1v) is 7.00. The van der Waals surface area contributed by atoms with E-state index in [1.165, 1.54) is 0 Å². The normalized spacial score (nSPS) is 20.5. The zero-order chi connectivity index (χ0) is 13.2. The van der Waals surface area contributed by atoms with Crippen molar-refractivity contribution in [2.45, 2.75) is 58.2 Å². The lowest BCUT2D eigenvalue weighted by atomic mass is 9.87. The van der Waals surface area contributed by atoms with Crippen LogP contribution in [0.1, 0.15) is 39.4 Å². The minimum Gasteiger partial charge on any atom is -0.389 e. The fraction of sp³-hybridized carbons (Fsp3) is 0.786. The minimum absolute atomic E-state index is 0.566. The van der Waals surface area contributed by atoms with Crippen molar-refractivity contribution in [3.05, 3.63) is 18.2 Å². The molecule has 1 saturated heterocycles. The van der Waals surface area contributed by atoms with E-state index in [9.17, 15) is 5.11 Å². The average molecular weight is 251 g/mol. The number of hydrogen-bond donors (Lipinski definition) is 1. The van der Waals surface area contributed by atoms with Gasteiger partial charge in [0.2, 0.25) is 0 Å². The molecule has 102 valence electrons. The molecule has 4 heteroatoms. The predicted molar refractivity (Wildman–Crippen MR) is 72.5 cm³/mol. The second kappa shape index (κ2) is 5.41. The Kier molecular flexibility index (Phi) is 4.07. The summed E-state index contributed by atoms with van der Waals surface area (Å²) < 4.78 is 2.12. The molecule has 0 spiro atoms. The molecule has 1 aliphatic heterocycles. The number of rotatable bonds is 4. The largest absolute Gasteiger partial charge is 0.389 e. The Morgan fingerprint density at radius 3 is 2.61 bits per heavy atom. The van der Waals surface area contributed by atoms with Gasteiger partial charge in [-0.3, -0.25) is 0 Å². The van der Waals surface area contributed by atoms with Gasteiger partial charge in [-0.25, -0.2) is 4.98 Å². The van der Waals surface area contributed by atoms with Gasteiger partial charge in [-0.05, 0) is 33.6 Å². The summed E-state index contributed by atoms with van der Waals surface area (Å²) in [5, 5.41) is 10.7. The lowest BCUT2D eigenvalue weighted by molar-refractivity contribution is -0.0289. The first-order valence-electron chi connectivity index (χ1n) is 7.00. The van der Waals surface area contributed by atoms with Crippen molar-refractivity contribution in [2.24, 2.45) is 0 Å². The number of hydrogen-bond acceptors (Lipinski definition) is 3. The van der Waals surface area contributed by atoms with Crippen molar-refractivity contribution in [3.8, 4) is 0 Å². The monoisotopic (exact) mass is 251 g/mol. The van der Waals surface area contributed by atoms with Crippen LogP contribution >= 0.6 is 0 Å². The fourth-order valence-electron chi connectivity index (χ4n) is 2.72. The third-order valence-electron chi connectivity index (χ3n) is 4.09. The van der Waals surface area contributed by atoms with Crippen LogP contribution < -0.4 is 0 Å². The molecule has 0 aromatic carbocycles. The van der Waals surface area contributed by atoms with Crippen LogP contribution in [0.4, 0.5) is 0 Å². The van der Waals surface area contributed by atoms with Crippen molar-refractivity contribution in [1.29, 1.82) is 0 Å². The van der Waals surface area contributed by atoms with E-state index in [2.05, 4.69) is 35.2 Å². The molecule has 0 atom stereocenters. The second-order valence-electron chi connectivity index (χ2n) is 5.66. The highest BCUT2D eigenvalue weighted by atomic mass is 16.3. The third kappa shape index (κ3) is 2.93. The van der Waals surface area contributed by atoms with Gasteiger partial charge in [-0.1, -0.05) is 0 Å². The zero-order valence-electron chi connectivity index (χ0n) is 11.8. The highest BCUT2D eigenvalue weighted by Crippen LogP contribution is 2.26. The molecule has 0 bridgehead atoms. The standard InChI is InChI=1S/C14H25N3O/c1-4-16-10-7-15-13(16)11-14(18)5-8-17(9-6-14)12(2)3/h7,10,12,18H,4-6,8-9,11H2,1-3H3. The SMILES string of the molecule is CCn1ccnc1CC1(O)CCN(C(C)C)CC1. The topological polar surface area (TPSA) is 41.3 Å². The summed E-state index contributed by atoms with van der Waals surface area (Å²) in [4.78, 5) is 6.80. The van der Waals surface area contributed by atoms with Gasteiger partial charge in [-0.2, -0.15) is 0 Å². The number of aryl methyl sites for hydroxylation is 1. The van der Waals surface area contributed by atoms with E-state index in [0.717, 1.165) is 38.3 Å². The Morgan fingerprint density at radius 2 is 2.06 bits per heavy atom. The smallest absolute Gasteiger partial charge is 0.111 e. The number of aromatic nitrogens is 2. The van der Waals surface area contributed by atoms with Gasteiger partial charge in [0.25, 0.3) is 0 Å². The number of likely N-dealkylation sites (tertiary alicyclic amines) is 1. The molecule has 2 rings (SSSR count). The van der Waals surface area contributed by atoms with E-state index in [-0.39, 0.29) is 0 Å². The van der Waals surface area contributed by atoms with Crippen molar-refractivity contribution < 1.29 is 5.11 Å². The van der Waals surface area contributed by atoms with Crippen molar-refractivity contribution in [2.75, 3.05) is 13.1 Å². The fourth-order valence-corrected chi connectivity index (χ4v) is 2.72. The molecule has 1 aromatic heterocycles. The summed E-state index contributed by atoms with van der Waals surface area (Å²) in [6, 6.07) is 0.576. The Labute approximate surface area is 110 Å². The lowest BCUT2D eigenvalue weighted by Gasteiger charge is -2.39. The number of imidazole rings is 1. The summed E-state index contributed by atoms with van der Waals surface area (Å²) in [7, 11) is 0. The maximum Gasteiger partial charge on any atom is 0.111 e. The van der Waals surface area contributed by atoms with Gasteiger partial charge >= 0.3 is 0 Å². The number of aliphatic hydroxyl groups is 1. The molecule has 4 nitrogen and oxygen atoms in total. The summed E-state index contributed by atoms with van der Waals surface area (Å²) in [5.41, 5.74) is -0.566. The van der Waals surface area contributed by atoms with E-state index in [1.54, 1.807) is 0 Å². The minimum atomic E-state index is -0.566. The Hall–Kier alpha value is -0.870. The molecule has 1 fully saturated rings. The van der Waals surface area contributed by atoms with Crippen LogP contribution in [0.5, 0.6) is 0 Å². The van der Waals surface area contributed by atoms with Crippen LogP contribution in [0.2, 0.25) is 0 Å². The molecular weight excluding hydrogens is 226 g/mol. The molecule has 0 radical (unpaired) electrons. The molecule has 0 amide bonds. The van der Waals surface area contributed by atoms with Gasteiger partial charge in [0.05, 0.1) is 5.60 Å². The quantitative estimate of drug-likeness (QED) is 0.885. The first-order chi connectivity index (χ1) is 8.54. The van der Waals surface area contributed by atoms with E-state index < -0.39 is 5.60 Å². The molecule has 1 aromatic rings. The maximum atomic E-state index is 10.7. The lowest BCUT2D eigenvalue weighted by Crippen LogP contribution is -2.48. The van der Waals surface area contributed by atoms with Crippen LogP contribution in [0.25, 0.3) is 0 Å². The second-order valence-corrected chi connectivity index (χ2v) is 5.66. The van der Waals surface area contributed by atoms with Crippen LogP contribution in [-0.2, 0) is 13.0 Å². The van der Waals surface area contributed by atoms with E-state index in [1.807, 2.05) is 12.4 Å². The van der Waals surface area contributed by atoms with Gasteiger partial charge in [-0.15, -0.1) is 0 Å². The Morgan fingerprint density at radius 1 is 1.39 bits per heavy atom. The maximum absolute atomic E-state index is 10.7. The van der Waals surface area contributed by atoms with Crippen LogP contribution in [0, 0.1) is 0 Å². The summed E-state index contributed by atoms with van der Waals surface area (Å²) >= 11 is 0. The number of piperidine rings is 1. The van der Waals surface area contributed by atoms with Crippen molar-refractivity contribution in [1.82, 2.24) is 14.5 Å². The Bertz CT molecular complexity index is 378. The highest BCUT2D eigenvalue weighted by molar-refractivity contribution is 5.00. The van der Waals surface area contributed by atoms with Gasteiger partial charge < -0.3 is 14.6 Å². The van der Waals surface area contributed by atoms with Crippen molar-refractivity contribution >= 4 is 0 Å². The van der Waals surface area contributed by atoms with E-state index >= 15 is 0 Å². The molecular formula is C14H25N3O. The molecule has 2 heterocycles. The summed E-state index contributed by atoms with van der Waals surface area (Å²) in [6.45, 7) is 9.43. The van der Waals surface area contributed by atoms with Gasteiger partial charge in [0.15, 0.2) is 0 Å². The third-order valence-corrected chi connectivity index (χ3v) is 4.09. The van der Waals surface area contributed by atoms with Crippen LogP contribution in [0.15, 0.2) is 12.4 Å². The van der Waals surface area contributed by atoms with Gasteiger partial charge in [0.1, 0.15) is 5.82 Å². The summed E-state index contributed by atoms with van der Waals surface area (Å²) in [5.74, 6) is 1.01. The van der Waals surface area contributed by atoms with E-state index in [0.29, 0.717) is 12.5 Å². The highest BCUT2D eigenvalue weighted by Gasteiger charge is 2.34. The van der Waals surface area contributed by atoms with Crippen molar-refractivity contribution in [3.63, 3.8) is 0 Å². The number of nitrogens with zero attached hydrogens (tertiary/aromatic N) is 3. The van der Waals surface area contributed by atoms with E-state index in [4.69, 9.17) is 0 Å². The molecule has 1 aliphatic rings. The zero-order valence-corrected chi connectivity index (χ0v) is 11.8. The van der Waals surface area contributed by atoms with Crippen LogP contribution in [0.3, 0.4) is 0 Å². The molecule has 0 unspecified atom stereocenters. The molecule has 1 N–H and O–H groups in total. The predicted octanol–water partition coefficient (Wildman–Crippen LogP) is 1.68. The molecule has 18 heavy (non-hydrogen) atoms. The molecule has 0 saturated carbocycles. The van der Waals surface area contributed by atoms with Crippen LogP contribution in [-0.4, -0.2) is 44.3 Å².